The van der Waals surface area contributed by atoms with Gasteiger partial charge in [0.15, 0.2) is 0 Å². The Morgan fingerprint density at radius 2 is 1.61 bits per heavy atom. The highest BCUT2D eigenvalue weighted by Gasteiger charge is 2.18. The van der Waals surface area contributed by atoms with E-state index in [0.717, 1.165) is 42.2 Å². The monoisotopic (exact) mass is 578 g/mol. The first kappa shape index (κ1) is 32.2. The number of carbonyl (C=O) groups excluding carboxylic acids is 1. The largest absolute Gasteiger partial charge is 0.494 e. The Balaban J connectivity index is 1.63. The fourth-order valence-corrected chi connectivity index (χ4v) is 4.93. The van der Waals surface area contributed by atoms with Crippen molar-refractivity contribution >= 4 is 34.3 Å². The van der Waals surface area contributed by atoms with Gasteiger partial charge in [0, 0.05) is 0 Å². The minimum Gasteiger partial charge on any atom is -0.494 e. The molecule has 0 amide bonds. The fraction of sp³-hybridized carbons (Fsp3) is 0.429. The van der Waals surface area contributed by atoms with Gasteiger partial charge in [0.1, 0.15) is 12.4 Å². The number of carbonyl (C=O) groups is 2. The average molecular weight is 579 g/mol. The number of rotatable bonds is 18. The van der Waals surface area contributed by atoms with E-state index in [9.17, 15) is 14.7 Å². The summed E-state index contributed by atoms with van der Waals surface area (Å²) in [6, 6.07) is 16.1. The fourth-order valence-electron chi connectivity index (χ4n) is 4.69. The number of unbranched alkanes of at least 4 members (excludes halogenated alkanes) is 7. The normalized spacial score (nSPS) is 12.6. The molecule has 0 aromatic heterocycles. The van der Waals surface area contributed by atoms with Crippen LogP contribution in [0.25, 0.3) is 21.9 Å². The summed E-state index contributed by atoms with van der Waals surface area (Å²) < 4.78 is 11.4. The smallest absolute Gasteiger partial charge is 0.338 e. The predicted octanol–water partition coefficient (Wildman–Crippen LogP) is 9.70. The van der Waals surface area contributed by atoms with E-state index in [1.165, 1.54) is 32.1 Å². The van der Waals surface area contributed by atoms with Crippen LogP contribution in [0.3, 0.4) is 0 Å². The second kappa shape index (κ2) is 16.8. The quantitative estimate of drug-likeness (QED) is 0.0703. The summed E-state index contributed by atoms with van der Waals surface area (Å²) >= 11 is 6.30. The van der Waals surface area contributed by atoms with Crippen molar-refractivity contribution < 1.29 is 24.2 Å². The number of carboxylic acids is 1. The van der Waals surface area contributed by atoms with Crippen LogP contribution in [0.2, 0.25) is 0 Å². The molecule has 1 N–H and O–H groups in total. The van der Waals surface area contributed by atoms with E-state index in [-0.39, 0.29) is 23.5 Å². The minimum absolute atomic E-state index is 0.145. The number of allylic oxidation sites excluding steroid dienone is 1. The maximum absolute atomic E-state index is 12.5. The molecule has 0 unspecified atom stereocenters. The molecule has 0 saturated carbocycles. The average Bonchev–Trinajstić information content (AvgIpc) is 2.99. The molecule has 0 radical (unpaired) electrons. The van der Waals surface area contributed by atoms with Gasteiger partial charge in [-0.15, -0.1) is 18.2 Å². The summed E-state index contributed by atoms with van der Waals surface area (Å²) in [4.78, 5) is 24.6. The molecule has 2 atom stereocenters. The summed E-state index contributed by atoms with van der Waals surface area (Å²) in [6.45, 7) is 8.63. The highest BCUT2D eigenvalue weighted by atomic mass is 35.5. The third-order valence-electron chi connectivity index (χ3n) is 7.57. The van der Waals surface area contributed by atoms with Crippen molar-refractivity contribution in [2.24, 2.45) is 5.92 Å². The van der Waals surface area contributed by atoms with Crippen molar-refractivity contribution in [3.63, 3.8) is 0 Å². The van der Waals surface area contributed by atoms with E-state index >= 15 is 0 Å². The van der Waals surface area contributed by atoms with Crippen LogP contribution in [0.5, 0.6) is 5.75 Å². The Morgan fingerprint density at radius 3 is 2.27 bits per heavy atom. The third-order valence-corrected chi connectivity index (χ3v) is 8.12. The zero-order chi connectivity index (χ0) is 29.6. The predicted molar refractivity (Wildman–Crippen MR) is 168 cm³/mol. The van der Waals surface area contributed by atoms with E-state index < -0.39 is 11.9 Å². The van der Waals surface area contributed by atoms with Crippen molar-refractivity contribution in [2.75, 3.05) is 13.2 Å². The Hall–Kier alpha value is -3.31. The van der Waals surface area contributed by atoms with Gasteiger partial charge in [0.2, 0.25) is 0 Å². The maximum Gasteiger partial charge on any atom is 0.338 e. The summed E-state index contributed by atoms with van der Waals surface area (Å²) in [5, 5.41) is 11.4. The molecule has 41 heavy (non-hydrogen) atoms. The topological polar surface area (TPSA) is 72.8 Å². The molecule has 5 nitrogen and oxygen atoms in total. The summed E-state index contributed by atoms with van der Waals surface area (Å²) in [6.07, 6.45) is 12.4. The Kier molecular flexibility index (Phi) is 13.2. The third kappa shape index (κ3) is 9.93. The van der Waals surface area contributed by atoms with Gasteiger partial charge in [0.25, 0.3) is 0 Å². The van der Waals surface area contributed by atoms with Crippen molar-refractivity contribution in [2.45, 2.75) is 77.0 Å². The van der Waals surface area contributed by atoms with Crippen molar-refractivity contribution in [3.8, 4) is 16.9 Å². The van der Waals surface area contributed by atoms with Crippen LogP contribution in [0.4, 0.5) is 0 Å². The van der Waals surface area contributed by atoms with Crippen LogP contribution in [0.15, 0.2) is 67.3 Å². The summed E-state index contributed by atoms with van der Waals surface area (Å²) in [5.74, 6) is -0.450. The number of alkyl halides is 1. The molecule has 0 aliphatic heterocycles. The maximum atomic E-state index is 12.5. The van der Waals surface area contributed by atoms with Gasteiger partial charge in [-0.05, 0) is 83.5 Å². The molecule has 3 rings (SSSR count). The first-order valence-electron chi connectivity index (χ1n) is 14.8. The number of aromatic carboxylic acids is 1. The number of esters is 1. The van der Waals surface area contributed by atoms with Crippen LogP contribution in [0.1, 0.15) is 92.4 Å². The van der Waals surface area contributed by atoms with Crippen molar-refractivity contribution in [1.82, 2.24) is 0 Å². The number of hydrogen-bond donors (Lipinski definition) is 1. The molecule has 220 valence electrons. The van der Waals surface area contributed by atoms with Gasteiger partial charge in [-0.3, -0.25) is 0 Å². The number of hydrogen-bond acceptors (Lipinski definition) is 4. The molecule has 3 aromatic rings. The van der Waals surface area contributed by atoms with Gasteiger partial charge in [-0.2, -0.15) is 0 Å². The standard InChI is InChI=1S/C35H43ClO5/c1-4-6-7-8-9-10-11-12-13-20-40-30-19-18-28-22-32(34(37)38)31(23-29(28)21-30)26-14-16-27(17-15-26)35(39)41-24-33(36)25(3)5-2/h4,14-19,21-23,25,33H,1,5-13,20,24H2,2-3H3,(H,37,38)/t25-,33+/m0/s1. The van der Waals surface area contributed by atoms with Crippen LogP contribution >= 0.6 is 11.6 Å². The number of fused-ring (bicyclic) bond motifs is 1. The number of benzene rings is 3. The zero-order valence-corrected chi connectivity index (χ0v) is 25.1. The molecule has 0 aliphatic carbocycles. The highest BCUT2D eigenvalue weighted by molar-refractivity contribution is 6.21. The second-order valence-corrected chi connectivity index (χ2v) is 11.3. The summed E-state index contributed by atoms with van der Waals surface area (Å²) in [5.41, 5.74) is 1.87. The lowest BCUT2D eigenvalue weighted by Gasteiger charge is -2.16. The highest BCUT2D eigenvalue weighted by Crippen LogP contribution is 2.31. The van der Waals surface area contributed by atoms with Crippen LogP contribution < -0.4 is 4.74 Å². The molecule has 0 heterocycles. The Morgan fingerprint density at radius 1 is 0.927 bits per heavy atom. The second-order valence-electron chi connectivity index (χ2n) is 10.7. The van der Waals surface area contributed by atoms with E-state index in [0.29, 0.717) is 23.3 Å². The first-order valence-corrected chi connectivity index (χ1v) is 15.2. The molecule has 6 heteroatoms. The van der Waals surface area contributed by atoms with Gasteiger partial charge in [-0.1, -0.05) is 76.6 Å². The van der Waals surface area contributed by atoms with Crippen molar-refractivity contribution in [3.05, 3.63) is 78.4 Å². The van der Waals surface area contributed by atoms with Gasteiger partial charge in [0.05, 0.1) is 23.1 Å². The Labute approximate surface area is 249 Å². The molecule has 0 aliphatic rings. The summed E-state index contributed by atoms with van der Waals surface area (Å²) in [7, 11) is 0. The van der Waals surface area contributed by atoms with Crippen LogP contribution in [0, 0.1) is 5.92 Å². The Bertz CT molecular complexity index is 1280. The molecular weight excluding hydrogens is 536 g/mol. The van der Waals surface area contributed by atoms with Gasteiger partial charge in [-0.25, -0.2) is 9.59 Å². The number of carboxylic acid groups (broad SMARTS) is 1. The minimum atomic E-state index is -1.01. The van der Waals surface area contributed by atoms with Crippen molar-refractivity contribution in [1.29, 1.82) is 0 Å². The number of halogens is 1. The van der Waals surface area contributed by atoms with Crippen LogP contribution in [-0.2, 0) is 4.74 Å². The van der Waals surface area contributed by atoms with Gasteiger partial charge < -0.3 is 14.6 Å². The molecule has 0 saturated heterocycles. The zero-order valence-electron chi connectivity index (χ0n) is 24.4. The lowest BCUT2D eigenvalue weighted by atomic mass is 9.95. The molecule has 0 spiro atoms. The molecule has 3 aromatic carbocycles. The SMILES string of the molecule is C=CCCCCCCCCCOc1ccc2cc(C(=O)O)c(-c3ccc(C(=O)OC[C@@H](Cl)[C@@H](C)CC)cc3)cc2c1. The van der Waals surface area contributed by atoms with E-state index in [1.54, 1.807) is 30.3 Å². The van der Waals surface area contributed by atoms with Crippen LogP contribution in [-0.4, -0.2) is 35.6 Å². The molecule has 0 fully saturated rings. The van der Waals surface area contributed by atoms with E-state index in [2.05, 4.69) is 6.58 Å². The number of ether oxygens (including phenoxy) is 2. The molecule has 0 bridgehead atoms. The molecular formula is C35H43ClO5. The lowest BCUT2D eigenvalue weighted by Crippen LogP contribution is -2.20. The lowest BCUT2D eigenvalue weighted by molar-refractivity contribution is 0.0489. The van der Waals surface area contributed by atoms with E-state index in [4.69, 9.17) is 21.1 Å². The first-order chi connectivity index (χ1) is 19.8. The van der Waals surface area contributed by atoms with E-state index in [1.807, 2.05) is 44.2 Å². The van der Waals surface area contributed by atoms with Gasteiger partial charge >= 0.3 is 11.9 Å².